The summed E-state index contributed by atoms with van der Waals surface area (Å²) >= 11 is 3.07. The van der Waals surface area contributed by atoms with Crippen LogP contribution in [0, 0.1) is 10.1 Å². The summed E-state index contributed by atoms with van der Waals surface area (Å²) in [7, 11) is 0. The van der Waals surface area contributed by atoms with Crippen LogP contribution in [-0.4, -0.2) is 22.0 Å². The molecule has 0 radical (unpaired) electrons. The zero-order valence-corrected chi connectivity index (χ0v) is 11.3. The van der Waals surface area contributed by atoms with Crippen LogP contribution in [0.15, 0.2) is 22.7 Å². The second kappa shape index (κ2) is 6.46. The van der Waals surface area contributed by atoms with Crippen molar-refractivity contribution in [1.29, 1.82) is 0 Å². The molecule has 0 spiro atoms. The summed E-state index contributed by atoms with van der Waals surface area (Å²) in [6.07, 6.45) is 0.0473. The molecule has 0 fully saturated rings. The third-order valence-electron chi connectivity index (χ3n) is 2.22. The Bertz CT molecular complexity index is 462. The zero-order chi connectivity index (χ0) is 13.7. The van der Waals surface area contributed by atoms with Crippen LogP contribution < -0.4 is 5.32 Å². The Labute approximate surface area is 112 Å². The Balaban J connectivity index is 2.66. The lowest BCUT2D eigenvalue weighted by Gasteiger charge is -2.07. The number of nitro groups is 1. The van der Waals surface area contributed by atoms with E-state index in [9.17, 15) is 14.9 Å². The number of aliphatic hydroxyl groups is 1. The van der Waals surface area contributed by atoms with Gasteiger partial charge in [0.05, 0.1) is 15.5 Å². The molecule has 1 rings (SSSR count). The molecule has 0 saturated carbocycles. The van der Waals surface area contributed by atoms with E-state index in [1.165, 1.54) is 18.2 Å². The van der Waals surface area contributed by atoms with E-state index in [-0.39, 0.29) is 18.0 Å². The van der Waals surface area contributed by atoms with E-state index in [1.807, 2.05) is 0 Å². The van der Waals surface area contributed by atoms with E-state index in [1.54, 1.807) is 6.92 Å². The number of carbonyl (C=O) groups excluding carboxylic acids is 1. The lowest BCUT2D eigenvalue weighted by molar-refractivity contribution is -0.385. The molecule has 6 nitrogen and oxygen atoms in total. The molecule has 0 aromatic heterocycles. The van der Waals surface area contributed by atoms with Gasteiger partial charge in [0.2, 0.25) is 5.91 Å². The van der Waals surface area contributed by atoms with Crippen LogP contribution in [0.2, 0.25) is 0 Å². The number of halogens is 1. The van der Waals surface area contributed by atoms with Crippen molar-refractivity contribution in [2.75, 3.05) is 5.32 Å². The number of amides is 1. The summed E-state index contributed by atoms with van der Waals surface area (Å²) < 4.78 is 0.306. The molecule has 0 aliphatic heterocycles. The molecule has 7 heteroatoms. The fourth-order valence-electron chi connectivity index (χ4n) is 1.30. The smallest absolute Gasteiger partial charge is 0.283 e. The fraction of sp³-hybridized carbons (Fsp3) is 0.364. The fourth-order valence-corrected chi connectivity index (χ4v) is 1.82. The first-order chi connectivity index (χ1) is 8.40. The lowest BCUT2D eigenvalue weighted by Crippen LogP contribution is -2.14. The summed E-state index contributed by atoms with van der Waals surface area (Å²) in [6, 6.07) is 4.25. The van der Waals surface area contributed by atoms with E-state index in [4.69, 9.17) is 5.11 Å². The molecular formula is C11H13BrN2O4. The number of rotatable bonds is 5. The van der Waals surface area contributed by atoms with Gasteiger partial charge in [-0.1, -0.05) is 0 Å². The Hall–Kier alpha value is -1.47. The highest BCUT2D eigenvalue weighted by molar-refractivity contribution is 9.10. The summed E-state index contributed by atoms with van der Waals surface area (Å²) in [5.41, 5.74) is 0.417. The minimum atomic E-state index is -0.528. The van der Waals surface area contributed by atoms with E-state index < -0.39 is 11.0 Å². The van der Waals surface area contributed by atoms with Gasteiger partial charge in [-0.15, -0.1) is 0 Å². The average Bonchev–Trinajstić information content (AvgIpc) is 2.26. The van der Waals surface area contributed by atoms with Crippen molar-refractivity contribution in [2.45, 2.75) is 25.9 Å². The van der Waals surface area contributed by atoms with Crippen molar-refractivity contribution in [3.63, 3.8) is 0 Å². The van der Waals surface area contributed by atoms with Gasteiger partial charge < -0.3 is 10.4 Å². The molecular weight excluding hydrogens is 304 g/mol. The van der Waals surface area contributed by atoms with Crippen molar-refractivity contribution in [1.82, 2.24) is 0 Å². The van der Waals surface area contributed by atoms with Gasteiger partial charge >= 0.3 is 0 Å². The second-order valence-corrected chi connectivity index (χ2v) is 4.71. The van der Waals surface area contributed by atoms with Crippen molar-refractivity contribution < 1.29 is 14.8 Å². The van der Waals surface area contributed by atoms with E-state index in [0.717, 1.165) is 0 Å². The predicted octanol–water partition coefficient (Wildman–Crippen LogP) is 2.46. The maximum atomic E-state index is 11.5. The summed E-state index contributed by atoms with van der Waals surface area (Å²) in [6.45, 7) is 1.61. The van der Waals surface area contributed by atoms with Gasteiger partial charge in [-0.2, -0.15) is 0 Å². The lowest BCUT2D eigenvalue weighted by atomic mass is 10.2. The zero-order valence-electron chi connectivity index (χ0n) is 9.72. The number of hydrogen-bond donors (Lipinski definition) is 2. The van der Waals surface area contributed by atoms with Crippen molar-refractivity contribution in [2.24, 2.45) is 0 Å². The van der Waals surface area contributed by atoms with Crippen LogP contribution in [0.5, 0.6) is 0 Å². The second-order valence-electron chi connectivity index (χ2n) is 3.86. The topological polar surface area (TPSA) is 92.5 Å². The molecule has 1 aromatic carbocycles. The number of hydrogen-bond acceptors (Lipinski definition) is 4. The van der Waals surface area contributed by atoms with Gasteiger partial charge in [-0.3, -0.25) is 14.9 Å². The van der Waals surface area contributed by atoms with Gasteiger partial charge in [0.25, 0.3) is 5.69 Å². The van der Waals surface area contributed by atoms with E-state index in [0.29, 0.717) is 16.6 Å². The third-order valence-corrected chi connectivity index (χ3v) is 2.85. The molecule has 1 amide bonds. The minimum absolute atomic E-state index is 0.0584. The third kappa shape index (κ3) is 4.42. The molecule has 0 aliphatic rings. The Morgan fingerprint density at radius 1 is 1.61 bits per heavy atom. The molecule has 0 saturated heterocycles. The molecule has 1 unspecified atom stereocenters. The Morgan fingerprint density at radius 3 is 2.78 bits per heavy atom. The normalized spacial score (nSPS) is 11.9. The number of nitro benzene ring substituents is 1. The summed E-state index contributed by atoms with van der Waals surface area (Å²) in [4.78, 5) is 21.6. The summed E-state index contributed by atoms with van der Waals surface area (Å²) in [5, 5.41) is 22.2. The predicted molar refractivity (Wildman–Crippen MR) is 70.3 cm³/mol. The van der Waals surface area contributed by atoms with E-state index in [2.05, 4.69) is 21.2 Å². The van der Waals surface area contributed by atoms with Crippen LogP contribution in [0.3, 0.4) is 0 Å². The number of nitrogens with one attached hydrogen (secondary N) is 1. The van der Waals surface area contributed by atoms with Gasteiger partial charge in [0.15, 0.2) is 0 Å². The number of anilines is 1. The molecule has 0 heterocycles. The van der Waals surface area contributed by atoms with Crippen molar-refractivity contribution >= 4 is 33.2 Å². The number of nitrogens with zero attached hydrogens (tertiary/aromatic N) is 1. The number of carbonyl (C=O) groups is 1. The number of benzene rings is 1. The highest BCUT2D eigenvalue weighted by Crippen LogP contribution is 2.27. The average molecular weight is 317 g/mol. The molecule has 0 aliphatic carbocycles. The SMILES string of the molecule is CC(O)CCC(=O)Nc1ccc([N+](=O)[O-])c(Br)c1. The quantitative estimate of drug-likeness (QED) is 0.644. The highest BCUT2D eigenvalue weighted by atomic mass is 79.9. The first-order valence-electron chi connectivity index (χ1n) is 5.32. The van der Waals surface area contributed by atoms with Crippen LogP contribution in [0.25, 0.3) is 0 Å². The number of aliphatic hydroxyl groups excluding tert-OH is 1. The Kier molecular flexibility index (Phi) is 5.24. The maximum Gasteiger partial charge on any atom is 0.283 e. The van der Waals surface area contributed by atoms with Gasteiger partial charge in [0, 0.05) is 18.2 Å². The van der Waals surface area contributed by atoms with Gasteiger partial charge in [0.1, 0.15) is 0 Å². The molecule has 0 bridgehead atoms. The van der Waals surface area contributed by atoms with Crippen LogP contribution in [-0.2, 0) is 4.79 Å². The first kappa shape index (κ1) is 14.6. The van der Waals surface area contributed by atoms with Crippen molar-refractivity contribution in [3.05, 3.63) is 32.8 Å². The minimum Gasteiger partial charge on any atom is -0.393 e. The highest BCUT2D eigenvalue weighted by Gasteiger charge is 2.12. The molecule has 2 N–H and O–H groups in total. The van der Waals surface area contributed by atoms with Gasteiger partial charge in [-0.25, -0.2) is 0 Å². The van der Waals surface area contributed by atoms with Crippen LogP contribution in [0.1, 0.15) is 19.8 Å². The monoisotopic (exact) mass is 316 g/mol. The molecule has 98 valence electrons. The van der Waals surface area contributed by atoms with E-state index >= 15 is 0 Å². The molecule has 1 aromatic rings. The summed E-state index contributed by atoms with van der Waals surface area (Å²) in [5.74, 6) is -0.239. The largest absolute Gasteiger partial charge is 0.393 e. The Morgan fingerprint density at radius 2 is 2.28 bits per heavy atom. The first-order valence-corrected chi connectivity index (χ1v) is 6.11. The standard InChI is InChI=1S/C11H13BrN2O4/c1-7(15)2-5-11(16)13-8-3-4-10(14(17)18)9(12)6-8/h3-4,6-7,15H,2,5H2,1H3,(H,13,16). The maximum absolute atomic E-state index is 11.5. The molecule has 18 heavy (non-hydrogen) atoms. The van der Waals surface area contributed by atoms with Crippen LogP contribution >= 0.6 is 15.9 Å². The molecule has 1 atom stereocenters. The van der Waals surface area contributed by atoms with Gasteiger partial charge in [-0.05, 0) is 41.4 Å². The van der Waals surface area contributed by atoms with Crippen LogP contribution in [0.4, 0.5) is 11.4 Å². The van der Waals surface area contributed by atoms with Crippen molar-refractivity contribution in [3.8, 4) is 0 Å².